The highest BCUT2D eigenvalue weighted by Gasteiger charge is 2.13. The molecule has 1 aliphatic rings. The molecule has 2 aromatic rings. The molecule has 6 heteroatoms. The lowest BCUT2D eigenvalue weighted by atomic mass is 10.1. The molecule has 0 atom stereocenters. The first kappa shape index (κ1) is 29.9. The summed E-state index contributed by atoms with van der Waals surface area (Å²) in [5.74, 6) is 1.69. The van der Waals surface area contributed by atoms with Gasteiger partial charge in [0.1, 0.15) is 5.75 Å². The molecule has 1 heterocycles. The van der Waals surface area contributed by atoms with Crippen molar-refractivity contribution in [3.05, 3.63) is 65.2 Å². The normalized spacial score (nSPS) is 12.9. The van der Waals surface area contributed by atoms with E-state index in [1.807, 2.05) is 54.2 Å². The van der Waals surface area contributed by atoms with E-state index in [4.69, 9.17) is 4.74 Å². The van der Waals surface area contributed by atoms with E-state index in [1.165, 1.54) is 81.9 Å². The Balaban J connectivity index is 1.32. The summed E-state index contributed by atoms with van der Waals surface area (Å²) in [6.45, 7) is 5.91. The molecule has 0 radical (unpaired) electrons. The van der Waals surface area contributed by atoms with Crippen LogP contribution in [-0.2, 0) is 6.54 Å². The summed E-state index contributed by atoms with van der Waals surface area (Å²) in [6, 6.07) is 15.4. The van der Waals surface area contributed by atoms with Crippen LogP contribution >= 0.6 is 11.8 Å². The van der Waals surface area contributed by atoms with Crippen molar-refractivity contribution in [2.45, 2.75) is 97.4 Å². The Hall–Kier alpha value is -2.60. The standard InChI is InChI=1S/C32H47N3O2S/c1-3-4-5-6-7-8-9-10-11-12-13-16-22-37-31-21-15-14-20-30(31)34-32(36)33-29-19-17-18-28(23-29)24-35-26-38-25-27(35)2/h14-15,17-21,23,25H,3-13,16,22,24,26H2,1-2H3,(H2,33,34,36). The maximum absolute atomic E-state index is 12.7. The van der Waals surface area contributed by atoms with Crippen molar-refractivity contribution in [3.63, 3.8) is 0 Å². The summed E-state index contributed by atoms with van der Waals surface area (Å²) in [7, 11) is 0. The van der Waals surface area contributed by atoms with E-state index in [-0.39, 0.29) is 6.03 Å². The molecule has 0 unspecified atom stereocenters. The summed E-state index contributed by atoms with van der Waals surface area (Å²) in [4.78, 5) is 15.1. The van der Waals surface area contributed by atoms with Gasteiger partial charge in [0.2, 0.25) is 0 Å². The SMILES string of the molecule is CCCCCCCCCCCCCCOc1ccccc1NC(=O)Nc1cccc(CN2CSC=C2C)c1. The number of unbranched alkanes of at least 4 members (excludes halogenated alkanes) is 11. The van der Waals surface area contributed by atoms with Crippen LogP contribution in [0.1, 0.15) is 96.5 Å². The quantitative estimate of drug-likeness (QED) is 0.186. The fourth-order valence-corrected chi connectivity index (χ4v) is 5.61. The van der Waals surface area contributed by atoms with E-state index >= 15 is 0 Å². The van der Waals surface area contributed by atoms with Crippen molar-refractivity contribution in [1.29, 1.82) is 0 Å². The van der Waals surface area contributed by atoms with E-state index in [0.29, 0.717) is 18.0 Å². The zero-order valence-electron chi connectivity index (χ0n) is 23.5. The van der Waals surface area contributed by atoms with Gasteiger partial charge in [-0.05, 0) is 48.6 Å². The van der Waals surface area contributed by atoms with Gasteiger partial charge < -0.3 is 20.3 Å². The molecule has 2 N–H and O–H groups in total. The molecule has 38 heavy (non-hydrogen) atoms. The molecule has 0 saturated carbocycles. The first-order valence-corrected chi connectivity index (χ1v) is 15.6. The van der Waals surface area contributed by atoms with E-state index in [0.717, 1.165) is 24.5 Å². The largest absolute Gasteiger partial charge is 0.491 e. The fraction of sp³-hybridized carbons (Fsp3) is 0.531. The van der Waals surface area contributed by atoms with Crippen molar-refractivity contribution in [2.75, 3.05) is 23.1 Å². The Labute approximate surface area is 234 Å². The number of amides is 2. The number of nitrogens with one attached hydrogen (secondary N) is 2. The molecule has 0 aliphatic carbocycles. The van der Waals surface area contributed by atoms with Gasteiger partial charge in [-0.3, -0.25) is 0 Å². The molecule has 0 fully saturated rings. The number of carbonyl (C=O) groups is 1. The van der Waals surface area contributed by atoms with Gasteiger partial charge in [0.15, 0.2) is 0 Å². The Morgan fingerprint density at radius 3 is 2.24 bits per heavy atom. The summed E-state index contributed by atoms with van der Waals surface area (Å²) in [5.41, 5.74) is 3.92. The van der Waals surface area contributed by atoms with Crippen molar-refractivity contribution >= 4 is 29.2 Å². The molecule has 1 aliphatic heterocycles. The topological polar surface area (TPSA) is 53.6 Å². The van der Waals surface area contributed by atoms with Crippen molar-refractivity contribution in [3.8, 4) is 5.75 Å². The summed E-state index contributed by atoms with van der Waals surface area (Å²) in [6.07, 6.45) is 15.9. The van der Waals surface area contributed by atoms with Gasteiger partial charge in [-0.15, -0.1) is 11.8 Å². The number of benzene rings is 2. The molecule has 0 saturated heterocycles. The number of nitrogens with zero attached hydrogens (tertiary/aromatic N) is 1. The second-order valence-corrected chi connectivity index (χ2v) is 11.1. The Morgan fingerprint density at radius 2 is 1.55 bits per heavy atom. The monoisotopic (exact) mass is 537 g/mol. The lowest BCUT2D eigenvalue weighted by Crippen LogP contribution is -2.20. The second kappa shape index (κ2) is 17.8. The Kier molecular flexibility index (Phi) is 14.0. The molecule has 0 bridgehead atoms. The van der Waals surface area contributed by atoms with E-state index in [1.54, 1.807) is 0 Å². The number of rotatable bonds is 18. The first-order chi connectivity index (χ1) is 18.7. The number of allylic oxidation sites excluding steroid dienone is 1. The number of hydrogen-bond donors (Lipinski definition) is 2. The van der Waals surface area contributed by atoms with Gasteiger partial charge in [0, 0.05) is 17.9 Å². The number of carbonyl (C=O) groups excluding carboxylic acids is 1. The van der Waals surface area contributed by atoms with Crippen LogP contribution in [0.15, 0.2) is 59.6 Å². The lowest BCUT2D eigenvalue weighted by molar-refractivity contribution is 0.261. The van der Waals surface area contributed by atoms with Gasteiger partial charge >= 0.3 is 6.03 Å². The predicted molar refractivity (Wildman–Crippen MR) is 164 cm³/mol. The molecule has 208 valence electrons. The van der Waals surface area contributed by atoms with Crippen LogP contribution in [0.2, 0.25) is 0 Å². The zero-order valence-corrected chi connectivity index (χ0v) is 24.3. The van der Waals surface area contributed by atoms with Gasteiger partial charge in [-0.1, -0.05) is 102 Å². The molecular weight excluding hydrogens is 490 g/mol. The molecule has 3 rings (SSSR count). The Bertz CT molecular complexity index is 994. The van der Waals surface area contributed by atoms with Crippen LogP contribution in [0.4, 0.5) is 16.2 Å². The smallest absolute Gasteiger partial charge is 0.323 e. The first-order valence-electron chi connectivity index (χ1n) is 14.6. The minimum absolute atomic E-state index is 0.267. The van der Waals surface area contributed by atoms with Crippen molar-refractivity contribution in [2.24, 2.45) is 0 Å². The summed E-state index contributed by atoms with van der Waals surface area (Å²) >= 11 is 1.81. The molecular formula is C32H47N3O2S. The fourth-order valence-electron chi connectivity index (χ4n) is 4.67. The third-order valence-electron chi connectivity index (χ3n) is 6.93. The van der Waals surface area contributed by atoms with Crippen LogP contribution in [0.5, 0.6) is 5.75 Å². The predicted octanol–water partition coefficient (Wildman–Crippen LogP) is 9.78. The van der Waals surface area contributed by atoms with E-state index < -0.39 is 0 Å². The third kappa shape index (κ3) is 11.4. The van der Waals surface area contributed by atoms with Crippen LogP contribution in [0.25, 0.3) is 0 Å². The van der Waals surface area contributed by atoms with Crippen LogP contribution in [0, 0.1) is 0 Å². The number of urea groups is 1. The van der Waals surface area contributed by atoms with Crippen LogP contribution < -0.4 is 15.4 Å². The second-order valence-electron chi connectivity index (χ2n) is 10.3. The minimum atomic E-state index is -0.267. The lowest BCUT2D eigenvalue weighted by Gasteiger charge is -2.19. The summed E-state index contributed by atoms with van der Waals surface area (Å²) in [5, 5.41) is 8.11. The van der Waals surface area contributed by atoms with Crippen molar-refractivity contribution < 1.29 is 9.53 Å². The minimum Gasteiger partial charge on any atom is -0.491 e. The molecule has 2 aromatic carbocycles. The molecule has 0 spiro atoms. The van der Waals surface area contributed by atoms with Gasteiger partial charge in [0.05, 0.1) is 18.2 Å². The molecule has 0 aromatic heterocycles. The van der Waals surface area contributed by atoms with Gasteiger partial charge in [0.25, 0.3) is 0 Å². The zero-order chi connectivity index (χ0) is 26.8. The summed E-state index contributed by atoms with van der Waals surface area (Å²) < 4.78 is 6.03. The van der Waals surface area contributed by atoms with Crippen LogP contribution in [-0.4, -0.2) is 23.4 Å². The van der Waals surface area contributed by atoms with Crippen LogP contribution in [0.3, 0.4) is 0 Å². The third-order valence-corrected chi connectivity index (χ3v) is 7.90. The number of anilines is 2. The Morgan fingerprint density at radius 1 is 0.868 bits per heavy atom. The van der Waals surface area contributed by atoms with Crippen molar-refractivity contribution in [1.82, 2.24) is 4.90 Å². The maximum atomic E-state index is 12.7. The van der Waals surface area contributed by atoms with Gasteiger partial charge in [-0.25, -0.2) is 4.79 Å². The van der Waals surface area contributed by atoms with E-state index in [2.05, 4.69) is 40.9 Å². The average Bonchev–Trinajstić information content (AvgIpc) is 3.31. The highest BCUT2D eigenvalue weighted by molar-refractivity contribution is 8.02. The number of thioether (sulfide) groups is 1. The van der Waals surface area contributed by atoms with Gasteiger partial charge in [-0.2, -0.15) is 0 Å². The van der Waals surface area contributed by atoms with E-state index in [9.17, 15) is 4.79 Å². The number of para-hydroxylation sites is 2. The molecule has 2 amide bonds. The highest BCUT2D eigenvalue weighted by atomic mass is 32.2. The molecule has 5 nitrogen and oxygen atoms in total. The highest BCUT2D eigenvalue weighted by Crippen LogP contribution is 2.26. The number of hydrogen-bond acceptors (Lipinski definition) is 4. The average molecular weight is 538 g/mol. The maximum Gasteiger partial charge on any atom is 0.323 e. The number of ether oxygens (including phenoxy) is 1.